The number of benzene rings is 2. The molecule has 1 aliphatic carbocycles. The summed E-state index contributed by atoms with van der Waals surface area (Å²) in [6, 6.07) is 13.0. The van der Waals surface area contributed by atoms with Crippen LogP contribution < -0.4 is 10.6 Å². The molecular weight excluding hydrogens is 404 g/mol. The van der Waals surface area contributed by atoms with Crippen molar-refractivity contribution in [1.29, 1.82) is 0 Å². The summed E-state index contributed by atoms with van der Waals surface area (Å²) in [7, 11) is 0. The summed E-state index contributed by atoms with van der Waals surface area (Å²) in [6.45, 7) is 6.75. The maximum absolute atomic E-state index is 12.8. The van der Waals surface area contributed by atoms with Crippen LogP contribution in [0.3, 0.4) is 0 Å². The molecule has 2 aromatic rings. The van der Waals surface area contributed by atoms with Crippen molar-refractivity contribution in [3.8, 4) is 0 Å². The van der Waals surface area contributed by atoms with Gasteiger partial charge in [-0.05, 0) is 62.1 Å². The Morgan fingerprint density at radius 2 is 1.50 bits per heavy atom. The van der Waals surface area contributed by atoms with Crippen molar-refractivity contribution in [3.63, 3.8) is 0 Å². The first kappa shape index (κ1) is 22.0. The highest BCUT2D eigenvalue weighted by molar-refractivity contribution is 5.97. The lowest BCUT2D eigenvalue weighted by atomic mass is 10.1. The largest absolute Gasteiger partial charge is 0.336 e. The number of nitrogens with one attached hydrogen (secondary N) is 2. The normalized spacial score (nSPS) is 16.5. The smallest absolute Gasteiger partial charge is 0.253 e. The molecule has 0 radical (unpaired) electrons. The molecule has 7 nitrogen and oxygen atoms in total. The highest BCUT2D eigenvalue weighted by Crippen LogP contribution is 2.30. The predicted molar refractivity (Wildman–Crippen MR) is 125 cm³/mol. The van der Waals surface area contributed by atoms with Crippen LogP contribution in [-0.2, 0) is 9.59 Å². The third-order valence-corrected chi connectivity index (χ3v) is 6.12. The number of hydrogen-bond acceptors (Lipinski definition) is 4. The van der Waals surface area contributed by atoms with Gasteiger partial charge in [0, 0.05) is 49.0 Å². The summed E-state index contributed by atoms with van der Waals surface area (Å²) in [5, 5.41) is 5.91. The Balaban J connectivity index is 1.25. The van der Waals surface area contributed by atoms with Crippen LogP contribution in [-0.4, -0.2) is 60.2 Å². The Morgan fingerprint density at radius 3 is 2.09 bits per heavy atom. The van der Waals surface area contributed by atoms with Gasteiger partial charge in [-0.1, -0.05) is 18.2 Å². The molecule has 0 unspecified atom stereocenters. The summed E-state index contributed by atoms with van der Waals surface area (Å²) in [5.41, 5.74) is 4.30. The number of aryl methyl sites for hydroxylation is 2. The summed E-state index contributed by atoms with van der Waals surface area (Å²) in [5.74, 6) is 0.146. The Labute approximate surface area is 188 Å². The first-order valence-electron chi connectivity index (χ1n) is 11.2. The summed E-state index contributed by atoms with van der Waals surface area (Å²) in [6.07, 6.45) is 1.92. The highest BCUT2D eigenvalue weighted by atomic mass is 16.2. The number of rotatable bonds is 6. The summed E-state index contributed by atoms with van der Waals surface area (Å²) >= 11 is 0. The number of carbonyl (C=O) groups excluding carboxylic acids is 3. The molecule has 1 heterocycles. The van der Waals surface area contributed by atoms with Crippen LogP contribution in [0.5, 0.6) is 0 Å². The van der Waals surface area contributed by atoms with Crippen molar-refractivity contribution in [2.45, 2.75) is 26.7 Å². The van der Waals surface area contributed by atoms with E-state index in [-0.39, 0.29) is 23.6 Å². The van der Waals surface area contributed by atoms with Crippen LogP contribution in [0.25, 0.3) is 0 Å². The predicted octanol–water partition coefficient (Wildman–Crippen LogP) is 3.05. The van der Waals surface area contributed by atoms with Gasteiger partial charge < -0.3 is 15.5 Å². The molecule has 2 fully saturated rings. The molecule has 1 saturated carbocycles. The Kier molecular flexibility index (Phi) is 6.55. The number of amides is 3. The Hall–Kier alpha value is -3.19. The van der Waals surface area contributed by atoms with Gasteiger partial charge in [0.25, 0.3) is 5.91 Å². The molecule has 2 N–H and O–H groups in total. The number of anilines is 2. The maximum Gasteiger partial charge on any atom is 0.253 e. The van der Waals surface area contributed by atoms with Crippen LogP contribution in [0.4, 0.5) is 11.4 Å². The van der Waals surface area contributed by atoms with Gasteiger partial charge in [0.2, 0.25) is 11.8 Å². The third kappa shape index (κ3) is 5.34. The van der Waals surface area contributed by atoms with Crippen molar-refractivity contribution >= 4 is 29.1 Å². The molecule has 1 saturated heterocycles. The molecule has 32 heavy (non-hydrogen) atoms. The van der Waals surface area contributed by atoms with Crippen molar-refractivity contribution in [1.82, 2.24) is 9.80 Å². The molecule has 3 amide bonds. The van der Waals surface area contributed by atoms with E-state index < -0.39 is 0 Å². The topological polar surface area (TPSA) is 81.8 Å². The van der Waals surface area contributed by atoms with Gasteiger partial charge in [0.15, 0.2) is 0 Å². The van der Waals surface area contributed by atoms with Crippen LogP contribution in [0.15, 0.2) is 42.5 Å². The SMILES string of the molecule is Cc1cccc(C)c1NC(=O)CN1CCN(C(=O)c2ccc(NC(=O)C3CC3)cc2)CC1. The fourth-order valence-electron chi connectivity index (χ4n) is 3.97. The van der Waals surface area contributed by atoms with Crippen LogP contribution in [0.2, 0.25) is 0 Å². The molecule has 0 aromatic heterocycles. The standard InChI is InChI=1S/C25H30N4O3/c1-17-4-3-5-18(2)23(17)27-22(30)16-28-12-14-29(15-13-28)25(32)20-8-10-21(11-9-20)26-24(31)19-6-7-19/h3-5,8-11,19H,6-7,12-16H2,1-2H3,(H,26,31)(H,27,30). The lowest BCUT2D eigenvalue weighted by Gasteiger charge is -2.34. The fraction of sp³-hybridized carbons (Fsp3) is 0.400. The van der Waals surface area contributed by atoms with E-state index in [4.69, 9.17) is 0 Å². The lowest BCUT2D eigenvalue weighted by molar-refractivity contribution is -0.118. The fourth-order valence-corrected chi connectivity index (χ4v) is 3.97. The van der Waals surface area contributed by atoms with Gasteiger partial charge in [-0.2, -0.15) is 0 Å². The summed E-state index contributed by atoms with van der Waals surface area (Å²) < 4.78 is 0. The second-order valence-corrected chi connectivity index (χ2v) is 8.72. The average molecular weight is 435 g/mol. The molecule has 0 spiro atoms. The number of nitrogens with zero attached hydrogens (tertiary/aromatic N) is 2. The third-order valence-electron chi connectivity index (χ3n) is 6.12. The molecule has 168 valence electrons. The zero-order valence-corrected chi connectivity index (χ0v) is 18.7. The van der Waals surface area contributed by atoms with E-state index in [9.17, 15) is 14.4 Å². The second kappa shape index (κ2) is 9.53. The second-order valence-electron chi connectivity index (χ2n) is 8.72. The molecule has 2 aromatic carbocycles. The quantitative estimate of drug-likeness (QED) is 0.732. The van der Waals surface area contributed by atoms with Gasteiger partial charge >= 0.3 is 0 Å². The molecular formula is C25H30N4O3. The highest BCUT2D eigenvalue weighted by Gasteiger charge is 2.29. The van der Waals surface area contributed by atoms with E-state index in [2.05, 4.69) is 15.5 Å². The molecule has 2 aliphatic rings. The minimum atomic E-state index is -0.0361. The van der Waals surface area contributed by atoms with Crippen molar-refractivity contribution in [2.24, 2.45) is 5.92 Å². The van der Waals surface area contributed by atoms with E-state index in [0.29, 0.717) is 38.3 Å². The van der Waals surface area contributed by atoms with Gasteiger partial charge in [-0.25, -0.2) is 0 Å². The molecule has 4 rings (SSSR count). The minimum absolute atomic E-state index is 0.0234. The van der Waals surface area contributed by atoms with Crippen molar-refractivity contribution in [2.75, 3.05) is 43.4 Å². The van der Waals surface area contributed by atoms with E-state index in [1.54, 1.807) is 24.3 Å². The molecule has 1 aliphatic heterocycles. The number of para-hydroxylation sites is 1. The van der Waals surface area contributed by atoms with E-state index in [1.165, 1.54) is 0 Å². The Morgan fingerprint density at radius 1 is 0.875 bits per heavy atom. The monoisotopic (exact) mass is 434 g/mol. The minimum Gasteiger partial charge on any atom is -0.336 e. The van der Waals surface area contributed by atoms with Crippen molar-refractivity contribution in [3.05, 3.63) is 59.2 Å². The van der Waals surface area contributed by atoms with Gasteiger partial charge in [-0.15, -0.1) is 0 Å². The number of piperazine rings is 1. The zero-order valence-electron chi connectivity index (χ0n) is 18.7. The van der Waals surface area contributed by atoms with E-state index in [1.807, 2.05) is 36.9 Å². The summed E-state index contributed by atoms with van der Waals surface area (Å²) in [4.78, 5) is 41.1. The van der Waals surface area contributed by atoms with Gasteiger partial charge in [-0.3, -0.25) is 19.3 Å². The van der Waals surface area contributed by atoms with Crippen molar-refractivity contribution < 1.29 is 14.4 Å². The molecule has 0 atom stereocenters. The maximum atomic E-state index is 12.8. The average Bonchev–Trinajstić information content (AvgIpc) is 3.63. The first-order chi connectivity index (χ1) is 15.4. The van der Waals surface area contributed by atoms with Gasteiger partial charge in [0.05, 0.1) is 6.54 Å². The number of carbonyl (C=O) groups is 3. The van der Waals surface area contributed by atoms with E-state index in [0.717, 1.165) is 35.3 Å². The molecule has 7 heteroatoms. The lowest BCUT2D eigenvalue weighted by Crippen LogP contribution is -2.50. The molecule has 0 bridgehead atoms. The first-order valence-corrected chi connectivity index (χ1v) is 11.2. The van der Waals surface area contributed by atoms with Crippen LogP contribution >= 0.6 is 0 Å². The number of hydrogen-bond donors (Lipinski definition) is 2. The van der Waals surface area contributed by atoms with E-state index >= 15 is 0 Å². The van der Waals surface area contributed by atoms with Crippen LogP contribution in [0.1, 0.15) is 34.3 Å². The Bertz CT molecular complexity index is 986. The van der Waals surface area contributed by atoms with Crippen LogP contribution in [0, 0.1) is 19.8 Å². The zero-order chi connectivity index (χ0) is 22.7. The van der Waals surface area contributed by atoms with Gasteiger partial charge in [0.1, 0.15) is 0 Å².